The molecule has 2 aromatic heterocycles. The highest BCUT2D eigenvalue weighted by Gasteiger charge is 2.40. The normalized spacial score (nSPS) is 19.1. The van der Waals surface area contributed by atoms with Crippen LogP contribution in [0.4, 0.5) is 4.79 Å². The lowest BCUT2D eigenvalue weighted by Gasteiger charge is -2.42. The Hall–Kier alpha value is -2.67. The van der Waals surface area contributed by atoms with Gasteiger partial charge in [0.1, 0.15) is 11.3 Å². The van der Waals surface area contributed by atoms with E-state index in [4.69, 9.17) is 21.1 Å². The molecule has 1 unspecified atom stereocenters. The van der Waals surface area contributed by atoms with Gasteiger partial charge in [-0.1, -0.05) is 17.7 Å². The van der Waals surface area contributed by atoms with Crippen molar-refractivity contribution in [3.8, 4) is 0 Å². The molecular formula is C23H28ClN3O4. The Balaban J connectivity index is 2.03. The van der Waals surface area contributed by atoms with Crippen LogP contribution in [-0.4, -0.2) is 39.1 Å². The van der Waals surface area contributed by atoms with Gasteiger partial charge in [0.05, 0.1) is 35.1 Å². The summed E-state index contributed by atoms with van der Waals surface area (Å²) in [6, 6.07) is 7.94. The molecule has 1 aliphatic rings. The largest absolute Gasteiger partial charge is 0.461 e. The third-order valence-electron chi connectivity index (χ3n) is 4.93. The fraction of sp³-hybridized carbons (Fsp3) is 0.478. The summed E-state index contributed by atoms with van der Waals surface area (Å²) in [5, 5.41) is 0.495. The first-order chi connectivity index (χ1) is 14.7. The van der Waals surface area contributed by atoms with E-state index in [1.54, 1.807) is 42.3 Å². The molecule has 0 aliphatic carbocycles. The van der Waals surface area contributed by atoms with Crippen molar-refractivity contribution >= 4 is 23.7 Å². The molecule has 1 saturated heterocycles. The predicted molar refractivity (Wildman–Crippen MR) is 117 cm³/mol. The van der Waals surface area contributed by atoms with Crippen molar-refractivity contribution in [2.45, 2.75) is 64.6 Å². The smallest absolute Gasteiger partial charge is 0.411 e. The number of likely N-dealkylation sites (tertiary alicyclic amines) is 1. The lowest BCUT2D eigenvalue weighted by atomic mass is 9.91. The molecule has 3 heterocycles. The van der Waals surface area contributed by atoms with Crippen LogP contribution in [0.15, 0.2) is 36.5 Å². The summed E-state index contributed by atoms with van der Waals surface area (Å²) in [4.78, 5) is 36.2. The van der Waals surface area contributed by atoms with E-state index >= 15 is 0 Å². The summed E-state index contributed by atoms with van der Waals surface area (Å²) < 4.78 is 10.8. The topological polar surface area (TPSA) is 81.6 Å². The van der Waals surface area contributed by atoms with E-state index in [9.17, 15) is 9.59 Å². The van der Waals surface area contributed by atoms with E-state index in [1.165, 1.54) is 0 Å². The van der Waals surface area contributed by atoms with Crippen LogP contribution < -0.4 is 0 Å². The van der Waals surface area contributed by atoms with E-state index < -0.39 is 17.7 Å². The fourth-order valence-corrected chi connectivity index (χ4v) is 3.97. The molecule has 0 N–H and O–H groups in total. The lowest BCUT2D eigenvalue weighted by Crippen LogP contribution is -2.44. The molecule has 2 aromatic rings. The van der Waals surface area contributed by atoms with Crippen molar-refractivity contribution < 1.29 is 19.1 Å². The highest BCUT2D eigenvalue weighted by molar-refractivity contribution is 6.31. The molecular weight excluding hydrogens is 418 g/mol. The number of piperidine rings is 1. The summed E-state index contributed by atoms with van der Waals surface area (Å²) in [7, 11) is 0. The van der Waals surface area contributed by atoms with Crippen molar-refractivity contribution in [2.24, 2.45) is 0 Å². The molecule has 1 amide bonds. The SMILES string of the molecule is CCOC(=O)c1cccc(C2CCC[C@@H](c3ncccc3Cl)N2C(=O)OC(C)(C)C)n1. The van der Waals surface area contributed by atoms with Gasteiger partial charge in [0.25, 0.3) is 0 Å². The second-order valence-electron chi connectivity index (χ2n) is 8.39. The Bertz CT molecular complexity index is 944. The minimum absolute atomic E-state index is 0.210. The fourth-order valence-electron chi connectivity index (χ4n) is 3.73. The molecule has 0 aromatic carbocycles. The van der Waals surface area contributed by atoms with Crippen molar-refractivity contribution in [1.82, 2.24) is 14.9 Å². The molecule has 1 aliphatic heterocycles. The summed E-state index contributed by atoms with van der Waals surface area (Å²) in [5.41, 5.74) is 0.772. The van der Waals surface area contributed by atoms with Crippen LogP contribution in [-0.2, 0) is 9.47 Å². The van der Waals surface area contributed by atoms with Crippen LogP contribution in [0.2, 0.25) is 5.02 Å². The molecule has 1 fully saturated rings. The van der Waals surface area contributed by atoms with E-state index in [0.717, 1.165) is 6.42 Å². The Morgan fingerprint density at radius 3 is 2.58 bits per heavy atom. The molecule has 166 valence electrons. The Labute approximate surface area is 187 Å². The number of hydrogen-bond donors (Lipinski definition) is 0. The first-order valence-corrected chi connectivity index (χ1v) is 10.8. The number of esters is 1. The molecule has 2 atom stereocenters. The summed E-state index contributed by atoms with van der Waals surface area (Å²) in [5.74, 6) is -0.492. The minimum Gasteiger partial charge on any atom is -0.461 e. The standard InChI is InChI=1S/C23H28ClN3O4/c1-5-30-21(28)17-11-6-10-16(26-17)18-12-7-13-19(20-15(24)9-8-14-25-20)27(18)22(29)31-23(2,3)4/h6,8-11,14,18-19H,5,7,12-13H2,1-4H3/t18?,19-/m0/s1. The zero-order valence-corrected chi connectivity index (χ0v) is 19.1. The molecule has 8 heteroatoms. The van der Waals surface area contributed by atoms with Crippen molar-refractivity contribution in [3.05, 3.63) is 58.6 Å². The maximum atomic E-state index is 13.3. The Morgan fingerprint density at radius 2 is 1.90 bits per heavy atom. The highest BCUT2D eigenvalue weighted by Crippen LogP contribution is 2.43. The van der Waals surface area contributed by atoms with Crippen LogP contribution in [0.1, 0.15) is 80.9 Å². The van der Waals surface area contributed by atoms with E-state index in [-0.39, 0.29) is 24.4 Å². The molecule has 0 radical (unpaired) electrons. The van der Waals surface area contributed by atoms with Crippen LogP contribution in [0.5, 0.6) is 0 Å². The molecule has 3 rings (SSSR count). The quantitative estimate of drug-likeness (QED) is 0.577. The van der Waals surface area contributed by atoms with Crippen LogP contribution in [0.3, 0.4) is 0 Å². The van der Waals surface area contributed by atoms with Crippen molar-refractivity contribution in [2.75, 3.05) is 6.61 Å². The second-order valence-corrected chi connectivity index (χ2v) is 8.80. The molecule has 31 heavy (non-hydrogen) atoms. The van der Waals surface area contributed by atoms with Gasteiger partial charge in [0.15, 0.2) is 0 Å². The van der Waals surface area contributed by atoms with Crippen LogP contribution in [0.25, 0.3) is 0 Å². The van der Waals surface area contributed by atoms with Gasteiger partial charge in [-0.15, -0.1) is 0 Å². The first-order valence-electron chi connectivity index (χ1n) is 10.5. The maximum absolute atomic E-state index is 13.3. The summed E-state index contributed by atoms with van der Waals surface area (Å²) in [6.07, 6.45) is 3.42. The minimum atomic E-state index is -0.669. The summed E-state index contributed by atoms with van der Waals surface area (Å²) >= 11 is 6.44. The van der Waals surface area contributed by atoms with Crippen molar-refractivity contribution in [1.29, 1.82) is 0 Å². The van der Waals surface area contributed by atoms with Gasteiger partial charge in [-0.25, -0.2) is 14.6 Å². The maximum Gasteiger partial charge on any atom is 0.411 e. The van der Waals surface area contributed by atoms with E-state index in [1.807, 2.05) is 26.8 Å². The van der Waals surface area contributed by atoms with Gasteiger partial charge in [-0.2, -0.15) is 0 Å². The number of carbonyl (C=O) groups excluding carboxylic acids is 2. The number of pyridine rings is 2. The second kappa shape index (κ2) is 9.64. The van der Waals surface area contributed by atoms with E-state index in [2.05, 4.69) is 9.97 Å². The Kier molecular flexibility index (Phi) is 7.15. The zero-order valence-electron chi connectivity index (χ0n) is 18.3. The molecule has 0 bridgehead atoms. The number of amides is 1. The first kappa shape index (κ1) is 23.0. The van der Waals surface area contributed by atoms with Gasteiger partial charge in [0, 0.05) is 6.20 Å². The average Bonchev–Trinajstić information content (AvgIpc) is 2.72. The molecule has 0 spiro atoms. The number of nitrogens with zero attached hydrogens (tertiary/aromatic N) is 3. The van der Waals surface area contributed by atoms with E-state index in [0.29, 0.717) is 29.3 Å². The third-order valence-corrected chi connectivity index (χ3v) is 5.25. The van der Waals surface area contributed by atoms with Gasteiger partial charge in [-0.05, 0) is 71.2 Å². The van der Waals surface area contributed by atoms with Gasteiger partial charge >= 0.3 is 12.1 Å². The van der Waals surface area contributed by atoms with Crippen LogP contribution >= 0.6 is 11.6 Å². The van der Waals surface area contributed by atoms with Crippen LogP contribution in [0, 0.1) is 0 Å². The van der Waals surface area contributed by atoms with Gasteiger partial charge in [-0.3, -0.25) is 9.88 Å². The number of carbonyl (C=O) groups is 2. The number of aromatic nitrogens is 2. The monoisotopic (exact) mass is 445 g/mol. The van der Waals surface area contributed by atoms with Gasteiger partial charge in [0.2, 0.25) is 0 Å². The molecule has 7 nitrogen and oxygen atoms in total. The third kappa shape index (κ3) is 5.53. The van der Waals surface area contributed by atoms with Gasteiger partial charge < -0.3 is 9.47 Å². The zero-order chi connectivity index (χ0) is 22.6. The predicted octanol–water partition coefficient (Wildman–Crippen LogP) is 5.51. The van der Waals surface area contributed by atoms with Crippen molar-refractivity contribution in [3.63, 3.8) is 0 Å². The summed E-state index contributed by atoms with van der Waals surface area (Å²) in [6.45, 7) is 7.48. The lowest BCUT2D eigenvalue weighted by molar-refractivity contribution is -0.00793. The Morgan fingerprint density at radius 1 is 1.16 bits per heavy atom. The number of rotatable bonds is 4. The highest BCUT2D eigenvalue weighted by atomic mass is 35.5. The number of ether oxygens (including phenoxy) is 2. The molecule has 0 saturated carbocycles. The average molecular weight is 446 g/mol. The number of halogens is 1. The number of hydrogen-bond acceptors (Lipinski definition) is 6.